The Labute approximate surface area is 194 Å². The minimum atomic E-state index is -3.73. The molecule has 0 fully saturated rings. The average molecular weight is 489 g/mol. The minimum Gasteiger partial charge on any atom is -0.383 e. The summed E-state index contributed by atoms with van der Waals surface area (Å²) in [4.78, 5) is 23.1. The van der Waals surface area contributed by atoms with Crippen LogP contribution in [0.5, 0.6) is 5.75 Å². The molecule has 1 aromatic heterocycles. The number of rotatable bonds is 5. The van der Waals surface area contributed by atoms with Crippen molar-refractivity contribution in [2.45, 2.75) is 5.54 Å². The molecule has 33 heavy (non-hydrogen) atoms. The molecule has 3 aromatic rings. The van der Waals surface area contributed by atoms with Gasteiger partial charge in [0.15, 0.2) is 11.5 Å². The van der Waals surface area contributed by atoms with E-state index in [1.807, 2.05) is 0 Å². The lowest BCUT2D eigenvalue weighted by Gasteiger charge is -2.27. The predicted molar refractivity (Wildman–Crippen MR) is 122 cm³/mol. The van der Waals surface area contributed by atoms with Crippen LogP contribution in [0.1, 0.15) is 11.1 Å². The third kappa shape index (κ3) is 4.03. The van der Waals surface area contributed by atoms with Gasteiger partial charge in [-0.2, -0.15) is 8.42 Å². The molecule has 0 spiro atoms. The Kier molecular flexibility index (Phi) is 5.59. The van der Waals surface area contributed by atoms with Crippen LogP contribution in [0.2, 0.25) is 5.02 Å². The molecule has 0 aliphatic carbocycles. The Bertz CT molecular complexity index is 1400. The van der Waals surface area contributed by atoms with Crippen LogP contribution in [0, 0.1) is 5.82 Å². The Hall–Kier alpha value is -3.50. The molecule has 8 nitrogen and oxygen atoms in total. The van der Waals surface area contributed by atoms with Gasteiger partial charge in [-0.3, -0.25) is 14.7 Å². The van der Waals surface area contributed by atoms with E-state index in [0.29, 0.717) is 16.7 Å². The van der Waals surface area contributed by atoms with Gasteiger partial charge >= 0.3 is 10.1 Å². The summed E-state index contributed by atoms with van der Waals surface area (Å²) in [7, 11) is -2.25. The number of nitrogens with two attached hydrogens (primary N) is 1. The van der Waals surface area contributed by atoms with Gasteiger partial charge in [-0.05, 0) is 41.5 Å². The van der Waals surface area contributed by atoms with E-state index in [1.54, 1.807) is 0 Å². The van der Waals surface area contributed by atoms with Crippen LogP contribution in [0.4, 0.5) is 4.39 Å². The molecule has 2 heterocycles. The van der Waals surface area contributed by atoms with Crippen LogP contribution >= 0.6 is 11.6 Å². The monoisotopic (exact) mass is 488 g/mol. The van der Waals surface area contributed by atoms with E-state index in [2.05, 4.69) is 9.98 Å². The largest absolute Gasteiger partial charge is 0.383 e. The molecule has 0 saturated heterocycles. The zero-order valence-electron chi connectivity index (χ0n) is 17.5. The first kappa shape index (κ1) is 22.7. The van der Waals surface area contributed by atoms with Crippen molar-refractivity contribution in [3.05, 3.63) is 82.9 Å². The summed E-state index contributed by atoms with van der Waals surface area (Å²) in [6, 6.07) is 11.5. The minimum absolute atomic E-state index is 0.0262. The molecule has 1 atom stereocenters. The van der Waals surface area contributed by atoms with Gasteiger partial charge in [-0.25, -0.2) is 9.38 Å². The van der Waals surface area contributed by atoms with Crippen molar-refractivity contribution in [2.24, 2.45) is 10.7 Å². The van der Waals surface area contributed by atoms with Gasteiger partial charge in [0.05, 0.1) is 11.3 Å². The van der Waals surface area contributed by atoms with Gasteiger partial charge in [0.2, 0.25) is 0 Å². The molecule has 0 radical (unpaired) electrons. The third-order valence-corrected chi connectivity index (χ3v) is 6.03. The predicted octanol–water partition coefficient (Wildman–Crippen LogP) is 2.91. The summed E-state index contributed by atoms with van der Waals surface area (Å²) >= 11 is 6.25. The highest BCUT2D eigenvalue weighted by molar-refractivity contribution is 7.86. The topological polar surface area (TPSA) is 115 Å². The van der Waals surface area contributed by atoms with Gasteiger partial charge in [-0.1, -0.05) is 29.8 Å². The van der Waals surface area contributed by atoms with Crippen LogP contribution in [0.25, 0.3) is 11.1 Å². The van der Waals surface area contributed by atoms with Crippen molar-refractivity contribution in [1.82, 2.24) is 9.88 Å². The number of nitrogens with zero attached hydrogens (tertiary/aromatic N) is 3. The fourth-order valence-corrected chi connectivity index (χ4v) is 4.31. The summed E-state index contributed by atoms with van der Waals surface area (Å²) in [6.07, 6.45) is 3.83. The number of hydrogen-bond acceptors (Lipinski definition) is 7. The first-order chi connectivity index (χ1) is 15.5. The summed E-state index contributed by atoms with van der Waals surface area (Å²) < 4.78 is 42.5. The van der Waals surface area contributed by atoms with E-state index in [0.717, 1.165) is 6.26 Å². The Morgan fingerprint density at radius 1 is 1.09 bits per heavy atom. The van der Waals surface area contributed by atoms with E-state index >= 15 is 0 Å². The third-order valence-electron chi connectivity index (χ3n) is 5.20. The normalized spacial score (nSPS) is 18.4. The van der Waals surface area contributed by atoms with Gasteiger partial charge in [0, 0.05) is 30.6 Å². The molecule has 11 heteroatoms. The van der Waals surface area contributed by atoms with Crippen LogP contribution in [-0.4, -0.2) is 43.5 Å². The maximum atomic E-state index is 14.8. The number of carbonyl (C=O) groups excluding carboxylic acids is 1. The first-order valence-corrected chi connectivity index (χ1v) is 11.8. The van der Waals surface area contributed by atoms with E-state index in [9.17, 15) is 17.6 Å². The van der Waals surface area contributed by atoms with Crippen LogP contribution < -0.4 is 9.92 Å². The highest BCUT2D eigenvalue weighted by atomic mass is 35.5. The van der Waals surface area contributed by atoms with Crippen LogP contribution in [0.3, 0.4) is 0 Å². The van der Waals surface area contributed by atoms with Crippen LogP contribution in [0.15, 0.2) is 65.9 Å². The highest BCUT2D eigenvalue weighted by Gasteiger charge is 2.49. The highest BCUT2D eigenvalue weighted by Crippen LogP contribution is 2.42. The maximum Gasteiger partial charge on any atom is 0.306 e. The fraction of sp³-hybridized carbons (Fsp3) is 0.136. The lowest BCUT2D eigenvalue weighted by molar-refractivity contribution is -0.129. The second-order valence-corrected chi connectivity index (χ2v) is 9.39. The van der Waals surface area contributed by atoms with E-state index in [-0.39, 0.29) is 22.3 Å². The van der Waals surface area contributed by atoms with Crippen molar-refractivity contribution in [2.75, 3.05) is 13.3 Å². The smallest absolute Gasteiger partial charge is 0.306 e. The maximum absolute atomic E-state index is 14.8. The van der Waals surface area contributed by atoms with Gasteiger partial charge < -0.3 is 9.92 Å². The number of likely N-dealkylation sites (N-methyl/N-ethyl adjacent to an activating group) is 1. The fourth-order valence-electron chi connectivity index (χ4n) is 3.64. The number of guanidine groups is 1. The molecular weight excluding hydrogens is 471 g/mol. The molecule has 2 aromatic carbocycles. The quantitative estimate of drug-likeness (QED) is 0.552. The molecule has 4 rings (SSSR count). The number of pyridine rings is 1. The molecule has 0 bridgehead atoms. The lowest BCUT2D eigenvalue weighted by Crippen LogP contribution is -2.41. The Balaban J connectivity index is 1.91. The van der Waals surface area contributed by atoms with Crippen molar-refractivity contribution in [3.63, 3.8) is 0 Å². The zero-order chi connectivity index (χ0) is 24.0. The van der Waals surface area contributed by atoms with E-state index in [1.165, 1.54) is 72.9 Å². The van der Waals surface area contributed by atoms with Gasteiger partial charge in [-0.15, -0.1) is 0 Å². The molecular formula is C22H18ClFN4O4S. The van der Waals surface area contributed by atoms with E-state index in [4.69, 9.17) is 21.5 Å². The zero-order valence-corrected chi connectivity index (χ0v) is 19.1. The molecule has 1 aliphatic heterocycles. The number of aromatic nitrogens is 1. The number of carbonyl (C=O) groups is 1. The molecule has 2 N–H and O–H groups in total. The number of amides is 1. The lowest BCUT2D eigenvalue weighted by atomic mass is 9.81. The van der Waals surface area contributed by atoms with Crippen molar-refractivity contribution in [1.29, 1.82) is 0 Å². The Morgan fingerprint density at radius 3 is 2.33 bits per heavy atom. The second-order valence-electron chi connectivity index (χ2n) is 7.41. The summed E-state index contributed by atoms with van der Waals surface area (Å²) in [6.45, 7) is 0. The van der Waals surface area contributed by atoms with Gasteiger partial charge in [0.25, 0.3) is 5.91 Å². The molecule has 1 unspecified atom stereocenters. The van der Waals surface area contributed by atoms with Crippen molar-refractivity contribution < 1.29 is 21.8 Å². The molecule has 0 saturated carbocycles. The molecule has 1 amide bonds. The van der Waals surface area contributed by atoms with Crippen molar-refractivity contribution in [3.8, 4) is 16.9 Å². The number of aliphatic imine (C=N–C) groups is 1. The van der Waals surface area contributed by atoms with Gasteiger partial charge in [0.1, 0.15) is 11.6 Å². The Morgan fingerprint density at radius 2 is 1.76 bits per heavy atom. The second kappa shape index (κ2) is 8.13. The number of halogens is 2. The first-order valence-electron chi connectivity index (χ1n) is 9.56. The van der Waals surface area contributed by atoms with Crippen molar-refractivity contribution >= 4 is 33.6 Å². The summed E-state index contributed by atoms with van der Waals surface area (Å²) in [5, 5.41) is 0.287. The average Bonchev–Trinajstić information content (AvgIpc) is 2.99. The van der Waals surface area contributed by atoms with E-state index < -0.39 is 27.4 Å². The number of hydrogen-bond donors (Lipinski definition) is 1. The standard InChI is InChI=1S/C22H18ClFN4O4S/c1-28-20(29)22(27-21(28)25,13-3-6-15(7-4-13)32-33(2,30)31)14-5-8-19(24)16(11-14)17-12-26-10-9-18(17)23/h3-12H,1-2H3,(H2,25,27). The van der Waals surface area contributed by atoms with Crippen LogP contribution in [-0.2, 0) is 20.5 Å². The number of benzene rings is 2. The summed E-state index contributed by atoms with van der Waals surface area (Å²) in [5.74, 6) is -0.987. The summed E-state index contributed by atoms with van der Waals surface area (Å²) in [5.41, 5.74) is 5.57. The molecule has 1 aliphatic rings. The molecule has 170 valence electrons. The SMILES string of the molecule is CN1C(=O)C(c2ccc(OS(C)(=O)=O)cc2)(c2ccc(F)c(-c3cnccc3Cl)c2)N=C1N.